The molecule has 0 aliphatic heterocycles. The molecule has 0 amide bonds. The van der Waals surface area contributed by atoms with Crippen LogP contribution >= 0.6 is 0 Å². The van der Waals surface area contributed by atoms with E-state index in [1.54, 1.807) is 0 Å². The van der Waals surface area contributed by atoms with Gasteiger partial charge in [0.15, 0.2) is 0 Å². The lowest BCUT2D eigenvalue weighted by Gasteiger charge is -2.14. The predicted octanol–water partition coefficient (Wildman–Crippen LogP) is 1.92. The fourth-order valence-electron chi connectivity index (χ4n) is 1.79. The quantitative estimate of drug-likeness (QED) is 0.722. The van der Waals surface area contributed by atoms with Crippen LogP contribution < -0.4 is 5.32 Å². The zero-order chi connectivity index (χ0) is 11.3. The molecule has 1 unspecified atom stereocenters. The molecule has 84 valence electrons. The Bertz CT molecular complexity index is 315. The topological polar surface area (TPSA) is 29.9 Å². The summed E-state index contributed by atoms with van der Waals surface area (Å²) < 4.78 is 2.07. The summed E-state index contributed by atoms with van der Waals surface area (Å²) in [5.74, 6) is 0. The summed E-state index contributed by atoms with van der Waals surface area (Å²) in [6, 6.07) is 2.63. The normalized spacial score (nSPS) is 12.7. The molecule has 3 heteroatoms. The van der Waals surface area contributed by atoms with Gasteiger partial charge in [-0.05, 0) is 33.4 Å². The molecule has 0 spiro atoms. The zero-order valence-electron chi connectivity index (χ0n) is 9.95. The molecule has 15 heavy (non-hydrogen) atoms. The van der Waals surface area contributed by atoms with Crippen LogP contribution in [0, 0.1) is 6.92 Å². The number of nitrogens with one attached hydrogen (secondary N) is 1. The summed E-state index contributed by atoms with van der Waals surface area (Å²) in [6.45, 7) is 8.88. The summed E-state index contributed by atoms with van der Waals surface area (Å²) in [4.78, 5) is 0. The minimum Gasteiger partial charge on any atom is -0.316 e. The van der Waals surface area contributed by atoms with Crippen LogP contribution in [-0.2, 0) is 13.0 Å². The number of nitrogens with zero attached hydrogens (tertiary/aromatic N) is 2. The highest BCUT2D eigenvalue weighted by atomic mass is 15.3. The van der Waals surface area contributed by atoms with Crippen LogP contribution in [0.4, 0.5) is 0 Å². The van der Waals surface area contributed by atoms with E-state index < -0.39 is 0 Å². The summed E-state index contributed by atoms with van der Waals surface area (Å²) in [7, 11) is 1.99. The minimum absolute atomic E-state index is 0.462. The first-order chi connectivity index (χ1) is 7.21. The first-order valence-electron chi connectivity index (χ1n) is 5.52. The van der Waals surface area contributed by atoms with E-state index in [-0.39, 0.29) is 0 Å². The third kappa shape index (κ3) is 3.20. The Balaban J connectivity index is 2.72. The average Bonchev–Trinajstić information content (AvgIpc) is 2.58. The van der Waals surface area contributed by atoms with Gasteiger partial charge in [-0.1, -0.05) is 6.08 Å². The second-order valence-electron chi connectivity index (χ2n) is 3.81. The van der Waals surface area contributed by atoms with Crippen molar-refractivity contribution in [2.75, 3.05) is 7.05 Å². The van der Waals surface area contributed by atoms with Gasteiger partial charge < -0.3 is 5.32 Å². The van der Waals surface area contributed by atoms with Gasteiger partial charge in [-0.2, -0.15) is 5.10 Å². The molecule has 1 aromatic heterocycles. The fourth-order valence-corrected chi connectivity index (χ4v) is 1.79. The molecule has 0 radical (unpaired) electrons. The third-order valence-electron chi connectivity index (χ3n) is 2.60. The van der Waals surface area contributed by atoms with E-state index in [4.69, 9.17) is 0 Å². The molecule has 0 aliphatic rings. The van der Waals surface area contributed by atoms with E-state index in [1.807, 2.05) is 20.0 Å². The number of rotatable bonds is 6. The van der Waals surface area contributed by atoms with Crippen LogP contribution in [0.5, 0.6) is 0 Å². The molecule has 0 saturated heterocycles. The number of hydrogen-bond acceptors (Lipinski definition) is 2. The van der Waals surface area contributed by atoms with Gasteiger partial charge in [-0.3, -0.25) is 4.68 Å². The number of aromatic nitrogens is 2. The van der Waals surface area contributed by atoms with Crippen molar-refractivity contribution in [3.05, 3.63) is 30.1 Å². The summed E-state index contributed by atoms with van der Waals surface area (Å²) in [5.41, 5.74) is 2.40. The van der Waals surface area contributed by atoms with Crippen LogP contribution in [-0.4, -0.2) is 22.9 Å². The van der Waals surface area contributed by atoms with Gasteiger partial charge in [0.05, 0.1) is 5.69 Å². The monoisotopic (exact) mass is 207 g/mol. The van der Waals surface area contributed by atoms with Crippen LogP contribution in [0.3, 0.4) is 0 Å². The Morgan fingerprint density at radius 1 is 1.67 bits per heavy atom. The second-order valence-corrected chi connectivity index (χ2v) is 3.81. The zero-order valence-corrected chi connectivity index (χ0v) is 9.95. The van der Waals surface area contributed by atoms with Crippen LogP contribution in [0.1, 0.15) is 24.7 Å². The Morgan fingerprint density at radius 3 is 2.93 bits per heavy atom. The molecule has 0 saturated carbocycles. The van der Waals surface area contributed by atoms with Gasteiger partial charge in [0, 0.05) is 24.7 Å². The smallest absolute Gasteiger partial charge is 0.0596 e. The van der Waals surface area contributed by atoms with Gasteiger partial charge in [-0.25, -0.2) is 0 Å². The van der Waals surface area contributed by atoms with E-state index in [9.17, 15) is 0 Å². The minimum atomic E-state index is 0.462. The van der Waals surface area contributed by atoms with E-state index in [0.29, 0.717) is 6.04 Å². The lowest BCUT2D eigenvalue weighted by Crippen LogP contribution is -2.27. The number of aryl methyl sites for hydroxylation is 2. The molecule has 1 aromatic rings. The molecule has 0 fully saturated rings. The van der Waals surface area contributed by atoms with Crippen molar-refractivity contribution in [3.8, 4) is 0 Å². The molecule has 1 heterocycles. The fraction of sp³-hybridized carbons (Fsp3) is 0.583. The second kappa shape index (κ2) is 5.71. The first kappa shape index (κ1) is 12.0. The highest BCUT2D eigenvalue weighted by molar-refractivity contribution is 5.10. The summed E-state index contributed by atoms with van der Waals surface area (Å²) in [6.07, 6.45) is 3.96. The molecule has 1 rings (SSSR count). The van der Waals surface area contributed by atoms with E-state index in [2.05, 4.69) is 34.7 Å². The van der Waals surface area contributed by atoms with Crippen molar-refractivity contribution in [2.24, 2.45) is 0 Å². The van der Waals surface area contributed by atoms with Crippen LogP contribution in [0.15, 0.2) is 18.7 Å². The maximum Gasteiger partial charge on any atom is 0.0596 e. The third-order valence-corrected chi connectivity index (χ3v) is 2.60. The lowest BCUT2D eigenvalue weighted by atomic mass is 10.1. The average molecular weight is 207 g/mol. The van der Waals surface area contributed by atoms with E-state index in [1.165, 1.54) is 5.69 Å². The van der Waals surface area contributed by atoms with E-state index >= 15 is 0 Å². The first-order valence-corrected chi connectivity index (χ1v) is 5.52. The van der Waals surface area contributed by atoms with Crippen molar-refractivity contribution in [3.63, 3.8) is 0 Å². The molecule has 1 atom stereocenters. The molecular formula is C12H21N3. The Hall–Kier alpha value is -1.09. The molecule has 0 aromatic carbocycles. The largest absolute Gasteiger partial charge is 0.316 e. The molecule has 0 bridgehead atoms. The van der Waals surface area contributed by atoms with Crippen molar-refractivity contribution < 1.29 is 0 Å². The van der Waals surface area contributed by atoms with Crippen molar-refractivity contribution in [1.29, 1.82) is 0 Å². The molecule has 1 N–H and O–H groups in total. The maximum atomic E-state index is 4.44. The van der Waals surface area contributed by atoms with Gasteiger partial charge >= 0.3 is 0 Å². The standard InChI is InChI=1S/C12H21N3/c1-5-7-11(13-4)9-12-8-10(3)14-15(12)6-2/h5,8,11,13H,1,6-7,9H2,2-4H3. The van der Waals surface area contributed by atoms with Crippen molar-refractivity contribution in [1.82, 2.24) is 15.1 Å². The molecule has 3 nitrogen and oxygen atoms in total. The van der Waals surface area contributed by atoms with Crippen molar-refractivity contribution >= 4 is 0 Å². The SMILES string of the molecule is C=CCC(Cc1cc(C)nn1CC)NC. The van der Waals surface area contributed by atoms with Gasteiger partial charge in [-0.15, -0.1) is 6.58 Å². The van der Waals surface area contributed by atoms with Crippen molar-refractivity contribution in [2.45, 2.75) is 39.3 Å². The molecule has 0 aliphatic carbocycles. The Labute approximate surface area is 92.2 Å². The Morgan fingerprint density at radius 2 is 2.40 bits per heavy atom. The van der Waals surface area contributed by atoms with Crippen LogP contribution in [0.2, 0.25) is 0 Å². The van der Waals surface area contributed by atoms with Gasteiger partial charge in [0.2, 0.25) is 0 Å². The summed E-state index contributed by atoms with van der Waals surface area (Å²) in [5, 5.41) is 7.74. The number of hydrogen-bond donors (Lipinski definition) is 1. The van der Waals surface area contributed by atoms with Crippen LogP contribution in [0.25, 0.3) is 0 Å². The van der Waals surface area contributed by atoms with E-state index in [0.717, 1.165) is 25.1 Å². The highest BCUT2D eigenvalue weighted by Crippen LogP contribution is 2.08. The van der Waals surface area contributed by atoms with Gasteiger partial charge in [0.1, 0.15) is 0 Å². The Kier molecular flexibility index (Phi) is 4.56. The summed E-state index contributed by atoms with van der Waals surface area (Å²) >= 11 is 0. The number of likely N-dealkylation sites (N-methyl/N-ethyl adjacent to an activating group) is 1. The van der Waals surface area contributed by atoms with Gasteiger partial charge in [0.25, 0.3) is 0 Å². The highest BCUT2D eigenvalue weighted by Gasteiger charge is 2.10. The maximum absolute atomic E-state index is 4.44. The predicted molar refractivity (Wildman–Crippen MR) is 64.0 cm³/mol. The molecular weight excluding hydrogens is 186 g/mol. The lowest BCUT2D eigenvalue weighted by molar-refractivity contribution is 0.526.